The molecule has 0 bridgehead atoms. The number of nitrogens with two attached hydrogens (primary N) is 1. The Bertz CT molecular complexity index is 194. The number of methoxy groups -OCH3 is 1. The first-order chi connectivity index (χ1) is 6.69. The van der Waals surface area contributed by atoms with Crippen LogP contribution in [-0.4, -0.2) is 19.1 Å². The lowest BCUT2D eigenvalue weighted by molar-refractivity contribution is -0.144. The van der Waals surface area contributed by atoms with Gasteiger partial charge in [-0.25, -0.2) is 0 Å². The average Bonchev–Trinajstić information content (AvgIpc) is 2.27. The van der Waals surface area contributed by atoms with Crippen molar-refractivity contribution in [3.63, 3.8) is 0 Å². The van der Waals surface area contributed by atoms with Gasteiger partial charge < -0.3 is 10.5 Å². The van der Waals surface area contributed by atoms with E-state index in [9.17, 15) is 4.79 Å². The molecule has 0 aromatic carbocycles. The molecule has 0 aliphatic heterocycles. The van der Waals surface area contributed by atoms with E-state index in [4.69, 9.17) is 5.73 Å². The van der Waals surface area contributed by atoms with Gasteiger partial charge in [0.1, 0.15) is 6.04 Å². The van der Waals surface area contributed by atoms with Gasteiger partial charge in [-0.1, -0.05) is 26.2 Å². The van der Waals surface area contributed by atoms with Crippen LogP contribution in [-0.2, 0) is 9.53 Å². The van der Waals surface area contributed by atoms with Crippen molar-refractivity contribution in [3.05, 3.63) is 0 Å². The molecule has 0 spiro atoms. The predicted molar refractivity (Wildman–Crippen MR) is 55.7 cm³/mol. The van der Waals surface area contributed by atoms with E-state index in [1.807, 2.05) is 0 Å². The van der Waals surface area contributed by atoms with Crippen LogP contribution in [0.15, 0.2) is 0 Å². The lowest BCUT2D eigenvalue weighted by atomic mass is 9.77. The molecule has 1 aliphatic carbocycles. The highest BCUT2D eigenvalue weighted by molar-refractivity contribution is 5.75. The molecule has 0 saturated heterocycles. The van der Waals surface area contributed by atoms with Crippen LogP contribution in [0.1, 0.15) is 39.0 Å². The number of hydrogen-bond donors (Lipinski definition) is 1. The van der Waals surface area contributed by atoms with E-state index < -0.39 is 6.04 Å². The van der Waals surface area contributed by atoms with E-state index in [1.54, 1.807) is 0 Å². The van der Waals surface area contributed by atoms with Gasteiger partial charge in [-0.2, -0.15) is 0 Å². The number of carbonyl (C=O) groups excluding carboxylic acids is 1. The standard InChI is InChI=1S/C11H21NO2/c1-3-8-5-4-6-9(7-8)10(12)11(13)14-2/h8-10H,3-7,12H2,1-2H3. The smallest absolute Gasteiger partial charge is 0.322 e. The van der Waals surface area contributed by atoms with E-state index >= 15 is 0 Å². The zero-order valence-corrected chi connectivity index (χ0v) is 9.16. The van der Waals surface area contributed by atoms with Crippen LogP contribution in [0, 0.1) is 11.8 Å². The molecule has 0 aromatic heterocycles. The molecule has 3 heteroatoms. The fraction of sp³-hybridized carbons (Fsp3) is 0.909. The fourth-order valence-corrected chi connectivity index (χ4v) is 2.36. The highest BCUT2D eigenvalue weighted by Gasteiger charge is 2.30. The minimum Gasteiger partial charge on any atom is -0.468 e. The highest BCUT2D eigenvalue weighted by Crippen LogP contribution is 2.32. The summed E-state index contributed by atoms with van der Waals surface area (Å²) in [5, 5.41) is 0. The minimum atomic E-state index is -0.408. The Kier molecular flexibility index (Phi) is 4.39. The summed E-state index contributed by atoms with van der Waals surface area (Å²) in [5.41, 5.74) is 5.84. The lowest BCUT2D eigenvalue weighted by Gasteiger charge is -2.31. The normalized spacial score (nSPS) is 29.6. The Morgan fingerprint density at radius 1 is 1.57 bits per heavy atom. The number of rotatable bonds is 3. The van der Waals surface area contributed by atoms with Crippen molar-refractivity contribution in [1.29, 1.82) is 0 Å². The molecule has 1 rings (SSSR count). The van der Waals surface area contributed by atoms with Gasteiger partial charge in [0.15, 0.2) is 0 Å². The van der Waals surface area contributed by atoms with Crippen LogP contribution in [0.25, 0.3) is 0 Å². The second-order valence-electron chi connectivity index (χ2n) is 4.25. The molecule has 1 saturated carbocycles. The lowest BCUT2D eigenvalue weighted by Crippen LogP contribution is -2.41. The average molecular weight is 199 g/mol. The first-order valence-corrected chi connectivity index (χ1v) is 5.52. The molecule has 2 N–H and O–H groups in total. The minimum absolute atomic E-state index is 0.258. The molecule has 1 fully saturated rings. The molecule has 1 aliphatic rings. The van der Waals surface area contributed by atoms with Crippen molar-refractivity contribution in [2.24, 2.45) is 17.6 Å². The summed E-state index contributed by atoms with van der Waals surface area (Å²) in [5.74, 6) is 0.831. The van der Waals surface area contributed by atoms with Crippen molar-refractivity contribution in [3.8, 4) is 0 Å². The summed E-state index contributed by atoms with van der Waals surface area (Å²) < 4.78 is 4.67. The molecule has 14 heavy (non-hydrogen) atoms. The van der Waals surface area contributed by atoms with Crippen molar-refractivity contribution in [1.82, 2.24) is 0 Å². The summed E-state index contributed by atoms with van der Waals surface area (Å²) in [6.07, 6.45) is 5.86. The third kappa shape index (κ3) is 2.71. The summed E-state index contributed by atoms with van der Waals surface area (Å²) in [7, 11) is 1.41. The Morgan fingerprint density at radius 2 is 2.29 bits per heavy atom. The molecule has 3 unspecified atom stereocenters. The summed E-state index contributed by atoms with van der Waals surface area (Å²) in [6, 6.07) is -0.408. The maximum Gasteiger partial charge on any atom is 0.322 e. The maximum atomic E-state index is 11.3. The topological polar surface area (TPSA) is 52.3 Å². The molecule has 82 valence electrons. The predicted octanol–water partition coefficient (Wildman–Crippen LogP) is 1.70. The Morgan fingerprint density at radius 3 is 2.86 bits per heavy atom. The van der Waals surface area contributed by atoms with Crippen LogP contribution in [0.2, 0.25) is 0 Å². The Labute approximate surface area is 86.0 Å². The third-order valence-corrected chi connectivity index (χ3v) is 3.38. The van der Waals surface area contributed by atoms with Crippen LogP contribution in [0.4, 0.5) is 0 Å². The van der Waals surface area contributed by atoms with Gasteiger partial charge >= 0.3 is 5.97 Å². The molecule has 0 heterocycles. The van der Waals surface area contributed by atoms with Gasteiger partial charge in [-0.05, 0) is 24.7 Å². The molecule has 0 amide bonds. The molecule has 3 atom stereocenters. The van der Waals surface area contributed by atoms with Gasteiger partial charge in [0.05, 0.1) is 7.11 Å². The van der Waals surface area contributed by atoms with Gasteiger partial charge in [-0.15, -0.1) is 0 Å². The monoisotopic (exact) mass is 199 g/mol. The van der Waals surface area contributed by atoms with Crippen LogP contribution >= 0.6 is 0 Å². The van der Waals surface area contributed by atoms with Crippen LogP contribution in [0.5, 0.6) is 0 Å². The Hall–Kier alpha value is -0.570. The quantitative estimate of drug-likeness (QED) is 0.704. The van der Waals surface area contributed by atoms with E-state index in [-0.39, 0.29) is 5.97 Å². The van der Waals surface area contributed by atoms with Gasteiger partial charge in [0.2, 0.25) is 0 Å². The highest BCUT2D eigenvalue weighted by atomic mass is 16.5. The number of hydrogen-bond acceptors (Lipinski definition) is 3. The summed E-state index contributed by atoms with van der Waals surface area (Å²) in [4.78, 5) is 11.3. The second-order valence-corrected chi connectivity index (χ2v) is 4.25. The molecule has 3 nitrogen and oxygen atoms in total. The second kappa shape index (κ2) is 5.35. The molecule has 0 radical (unpaired) electrons. The number of esters is 1. The zero-order chi connectivity index (χ0) is 10.6. The third-order valence-electron chi connectivity index (χ3n) is 3.38. The van der Waals surface area contributed by atoms with Crippen molar-refractivity contribution in [2.75, 3.05) is 7.11 Å². The molecular weight excluding hydrogens is 178 g/mol. The van der Waals surface area contributed by atoms with E-state index in [0.717, 1.165) is 18.8 Å². The number of ether oxygens (including phenoxy) is 1. The fourth-order valence-electron chi connectivity index (χ4n) is 2.36. The van der Waals surface area contributed by atoms with Crippen LogP contribution in [0.3, 0.4) is 0 Å². The SMILES string of the molecule is CCC1CCCC(C(N)C(=O)OC)C1. The van der Waals surface area contributed by atoms with Crippen LogP contribution < -0.4 is 5.73 Å². The van der Waals surface area contributed by atoms with E-state index in [0.29, 0.717) is 5.92 Å². The largest absolute Gasteiger partial charge is 0.468 e. The first-order valence-electron chi connectivity index (χ1n) is 5.52. The van der Waals surface area contributed by atoms with Crippen molar-refractivity contribution >= 4 is 5.97 Å². The first kappa shape index (κ1) is 11.5. The Balaban J connectivity index is 2.46. The van der Waals surface area contributed by atoms with Crippen molar-refractivity contribution < 1.29 is 9.53 Å². The molecular formula is C11H21NO2. The van der Waals surface area contributed by atoms with Gasteiger partial charge in [-0.3, -0.25) is 4.79 Å². The van der Waals surface area contributed by atoms with E-state index in [1.165, 1.54) is 26.4 Å². The molecule has 0 aromatic rings. The number of carbonyl (C=O) groups is 1. The zero-order valence-electron chi connectivity index (χ0n) is 9.16. The summed E-state index contributed by atoms with van der Waals surface area (Å²) in [6.45, 7) is 2.21. The maximum absolute atomic E-state index is 11.3. The van der Waals surface area contributed by atoms with Crippen molar-refractivity contribution in [2.45, 2.75) is 45.1 Å². The van der Waals surface area contributed by atoms with Gasteiger partial charge in [0.25, 0.3) is 0 Å². The summed E-state index contributed by atoms with van der Waals surface area (Å²) >= 11 is 0. The van der Waals surface area contributed by atoms with Gasteiger partial charge in [0, 0.05) is 0 Å². The van der Waals surface area contributed by atoms with E-state index in [2.05, 4.69) is 11.7 Å².